The van der Waals surface area contributed by atoms with E-state index in [9.17, 15) is 0 Å². The molecule has 0 aliphatic carbocycles. The molecule has 0 N–H and O–H groups in total. The molecule has 0 rings (SSSR count). The van der Waals surface area contributed by atoms with Crippen LogP contribution in [0.5, 0.6) is 0 Å². The highest BCUT2D eigenvalue weighted by atomic mass is 79.9. The van der Waals surface area contributed by atoms with Crippen LogP contribution in [0, 0.1) is 0 Å². The Balaban J connectivity index is 3.07. The zero-order valence-electron chi connectivity index (χ0n) is 4.90. The molecule has 0 unspecified atom stereocenters. The Morgan fingerprint density at radius 1 is 1.50 bits per heavy atom. The molecule has 0 aliphatic rings. The second kappa shape index (κ2) is 6.04. The van der Waals surface area contributed by atoms with Crippen molar-refractivity contribution >= 4 is 36.6 Å². The summed E-state index contributed by atoms with van der Waals surface area (Å²) in [6, 6.07) is -0.758. The van der Waals surface area contributed by atoms with Crippen molar-refractivity contribution in [2.24, 2.45) is 0 Å². The lowest BCUT2D eigenvalue weighted by atomic mass is 10.3. The average molecular weight is 258 g/mol. The Morgan fingerprint density at radius 3 is 2.50 bits per heavy atom. The van der Waals surface area contributed by atoms with Gasteiger partial charge in [0.2, 0.25) is 6.04 Å². The Bertz CT molecular complexity index is 70.8. The molecule has 0 aliphatic heterocycles. The van der Waals surface area contributed by atoms with E-state index >= 15 is 0 Å². The minimum absolute atomic E-state index is 0.758. The normalized spacial score (nSPS) is 11.5. The van der Waals surface area contributed by atoms with Gasteiger partial charge in [-0.15, -0.1) is 30.6 Å². The first-order valence-corrected chi connectivity index (χ1v) is 9.75. The molecule has 0 nitrogen and oxygen atoms in total. The maximum absolute atomic E-state index is 3.47. The molecule has 0 aromatic carbocycles. The fraction of sp³-hybridized carbons (Fsp3) is 0.600. The van der Waals surface area contributed by atoms with Crippen LogP contribution >= 0.6 is 30.6 Å². The molecular formula is C5H10Br2Si. The number of halogens is 2. The van der Waals surface area contributed by atoms with Crippen molar-refractivity contribution in [1.29, 1.82) is 0 Å². The Labute approximate surface area is 68.1 Å². The number of unbranched alkanes of at least 4 members (excludes halogenated alkanes) is 1. The van der Waals surface area contributed by atoms with E-state index in [1.165, 1.54) is 12.8 Å². The quantitative estimate of drug-likeness (QED) is 0.539. The third-order valence-electron chi connectivity index (χ3n) is 0.737. The first-order valence-electron chi connectivity index (χ1n) is 2.72. The highest BCUT2D eigenvalue weighted by Gasteiger charge is 1.88. The molecule has 0 amide bonds. The summed E-state index contributed by atoms with van der Waals surface area (Å²) in [6.45, 7) is 2.18. The topological polar surface area (TPSA) is 0 Å². The van der Waals surface area contributed by atoms with E-state index in [2.05, 4.69) is 49.3 Å². The highest BCUT2D eigenvalue weighted by Crippen LogP contribution is 2.04. The van der Waals surface area contributed by atoms with Gasteiger partial charge in [0, 0.05) is 0 Å². The number of hydrogen-bond donors (Lipinski definition) is 0. The number of rotatable bonds is 3. The molecule has 0 bridgehead atoms. The van der Waals surface area contributed by atoms with Crippen molar-refractivity contribution in [3.63, 3.8) is 0 Å². The lowest BCUT2D eigenvalue weighted by molar-refractivity contribution is 0.960. The first kappa shape index (κ1) is 8.92. The molecule has 0 fully saturated rings. The molecule has 0 spiro atoms. The summed E-state index contributed by atoms with van der Waals surface area (Å²) in [5.74, 6) is 0. The Morgan fingerprint density at radius 2 is 2.12 bits per heavy atom. The minimum atomic E-state index is -0.758. The fourth-order valence-corrected chi connectivity index (χ4v) is 2.06. The van der Waals surface area contributed by atoms with Crippen molar-refractivity contribution in [2.75, 3.05) is 0 Å². The molecule has 0 saturated carbocycles. The van der Waals surface area contributed by atoms with Gasteiger partial charge in [-0.2, -0.15) is 0 Å². The van der Waals surface area contributed by atoms with Gasteiger partial charge in [0.25, 0.3) is 0 Å². The summed E-state index contributed by atoms with van der Waals surface area (Å²) in [7, 11) is 0. The van der Waals surface area contributed by atoms with Crippen LogP contribution in [0.2, 0.25) is 0 Å². The maximum atomic E-state index is 3.47. The van der Waals surface area contributed by atoms with Crippen LogP contribution < -0.4 is 0 Å². The number of hydrogen-bond acceptors (Lipinski definition) is 0. The number of allylic oxidation sites excluding steroid dienone is 1. The van der Waals surface area contributed by atoms with Gasteiger partial charge in [0.1, 0.15) is 0 Å². The summed E-state index contributed by atoms with van der Waals surface area (Å²) in [4.78, 5) is 0. The zero-order chi connectivity index (χ0) is 6.41. The average Bonchev–Trinajstić information content (AvgIpc) is 1.66. The third-order valence-corrected chi connectivity index (χ3v) is 3.13. The highest BCUT2D eigenvalue weighted by molar-refractivity contribution is 9.49. The van der Waals surface area contributed by atoms with Crippen molar-refractivity contribution in [2.45, 2.75) is 19.8 Å². The van der Waals surface area contributed by atoms with Gasteiger partial charge in [-0.3, -0.25) is 0 Å². The van der Waals surface area contributed by atoms with Crippen molar-refractivity contribution in [3.05, 3.63) is 11.8 Å². The van der Waals surface area contributed by atoms with E-state index in [0.717, 1.165) is 0 Å². The second-order valence-corrected chi connectivity index (χ2v) is 12.2. The van der Waals surface area contributed by atoms with Crippen LogP contribution in [0.15, 0.2) is 11.8 Å². The summed E-state index contributed by atoms with van der Waals surface area (Å²) in [5.41, 5.74) is 2.23. The van der Waals surface area contributed by atoms with Gasteiger partial charge in [0.15, 0.2) is 0 Å². The molecule has 0 radical (unpaired) electrons. The molecular weight excluding hydrogens is 248 g/mol. The van der Waals surface area contributed by atoms with Crippen molar-refractivity contribution in [1.82, 2.24) is 0 Å². The summed E-state index contributed by atoms with van der Waals surface area (Å²) < 4.78 is 0. The summed E-state index contributed by atoms with van der Waals surface area (Å²) >= 11 is 6.95. The molecule has 0 aromatic heterocycles. The zero-order valence-corrected chi connectivity index (χ0v) is 9.23. The van der Waals surface area contributed by atoms with E-state index < -0.39 is 6.04 Å². The first-order chi connectivity index (χ1) is 3.77. The minimum Gasteiger partial charge on any atom is -0.110 e. The van der Waals surface area contributed by atoms with E-state index in [0.29, 0.717) is 0 Å². The monoisotopic (exact) mass is 256 g/mol. The van der Waals surface area contributed by atoms with Crippen LogP contribution in [-0.4, -0.2) is 6.04 Å². The molecule has 8 heavy (non-hydrogen) atoms. The van der Waals surface area contributed by atoms with Gasteiger partial charge < -0.3 is 0 Å². The Kier molecular flexibility index (Phi) is 6.74. The standard InChI is InChI=1S/C5H10Br2Si/c1-2-3-4-5-8(6)7/h4-5,8H,2-3H2,1H3. The van der Waals surface area contributed by atoms with Gasteiger partial charge in [0.05, 0.1) is 0 Å². The predicted octanol–water partition coefficient (Wildman–Crippen LogP) is 2.89. The van der Waals surface area contributed by atoms with Gasteiger partial charge >= 0.3 is 0 Å². The van der Waals surface area contributed by atoms with Crippen molar-refractivity contribution in [3.8, 4) is 0 Å². The van der Waals surface area contributed by atoms with Gasteiger partial charge in [-0.25, -0.2) is 0 Å². The lowest BCUT2D eigenvalue weighted by Crippen LogP contribution is -1.80. The smallest absolute Gasteiger partial charge is 0.110 e. The van der Waals surface area contributed by atoms with Crippen LogP contribution in [0.25, 0.3) is 0 Å². The van der Waals surface area contributed by atoms with Crippen molar-refractivity contribution < 1.29 is 0 Å². The van der Waals surface area contributed by atoms with Gasteiger partial charge in [-0.1, -0.05) is 25.1 Å². The molecule has 0 heterocycles. The molecule has 3 heteroatoms. The van der Waals surface area contributed by atoms with E-state index in [4.69, 9.17) is 0 Å². The van der Waals surface area contributed by atoms with Gasteiger partial charge in [-0.05, 0) is 6.42 Å². The van der Waals surface area contributed by atoms with E-state index in [-0.39, 0.29) is 0 Å². The SMILES string of the molecule is CCCC=C[SiH](Br)Br. The summed E-state index contributed by atoms with van der Waals surface area (Å²) in [5, 5.41) is 0. The molecule has 0 atom stereocenters. The molecule has 48 valence electrons. The van der Waals surface area contributed by atoms with Crippen LogP contribution in [0.3, 0.4) is 0 Å². The largest absolute Gasteiger partial charge is 0.208 e. The Hall–Kier alpha value is 0.917. The van der Waals surface area contributed by atoms with E-state index in [1.54, 1.807) is 0 Å². The van der Waals surface area contributed by atoms with Crippen LogP contribution in [0.1, 0.15) is 19.8 Å². The third kappa shape index (κ3) is 6.92. The lowest BCUT2D eigenvalue weighted by Gasteiger charge is -1.85. The maximum Gasteiger partial charge on any atom is 0.208 e. The summed E-state index contributed by atoms with van der Waals surface area (Å²) in [6.07, 6.45) is 4.68. The fourth-order valence-electron chi connectivity index (χ4n) is 0.366. The second-order valence-electron chi connectivity index (χ2n) is 1.55. The van der Waals surface area contributed by atoms with Crippen LogP contribution in [0.4, 0.5) is 0 Å². The van der Waals surface area contributed by atoms with E-state index in [1.807, 2.05) is 0 Å². The molecule has 0 saturated heterocycles. The molecule has 0 aromatic rings. The van der Waals surface area contributed by atoms with Crippen LogP contribution in [-0.2, 0) is 0 Å². The predicted molar refractivity (Wildman–Crippen MR) is 49.1 cm³/mol.